The second kappa shape index (κ2) is 7.94. The molecule has 6 nitrogen and oxygen atoms in total. The Morgan fingerprint density at radius 3 is 2.60 bits per heavy atom. The van der Waals surface area contributed by atoms with Crippen LogP contribution in [0.3, 0.4) is 0 Å². The van der Waals surface area contributed by atoms with Crippen molar-refractivity contribution in [1.82, 2.24) is 14.6 Å². The molecule has 0 bridgehead atoms. The van der Waals surface area contributed by atoms with Crippen LogP contribution < -0.4 is 4.72 Å². The van der Waals surface area contributed by atoms with Gasteiger partial charge in [0.1, 0.15) is 16.7 Å². The molecule has 0 fully saturated rings. The first-order valence-electron chi connectivity index (χ1n) is 6.61. The van der Waals surface area contributed by atoms with Crippen molar-refractivity contribution in [2.24, 2.45) is 0 Å². The van der Waals surface area contributed by atoms with Gasteiger partial charge in [-0.25, -0.2) is 18.1 Å². The molecule has 0 aliphatic carbocycles. The van der Waals surface area contributed by atoms with Crippen LogP contribution >= 0.6 is 0 Å². The average molecular weight is 296 g/mol. The Labute approximate surface area is 120 Å². The summed E-state index contributed by atoms with van der Waals surface area (Å²) < 4.78 is 26.6. The molecule has 0 saturated heterocycles. The molecule has 0 saturated carbocycles. The zero-order valence-electron chi connectivity index (χ0n) is 11.8. The summed E-state index contributed by atoms with van der Waals surface area (Å²) in [5.41, 5.74) is 0.198. The largest absolute Gasteiger partial charge is 0.302 e. The van der Waals surface area contributed by atoms with Gasteiger partial charge in [-0.3, -0.25) is 0 Å². The third-order valence-corrected chi connectivity index (χ3v) is 4.31. The van der Waals surface area contributed by atoms with Gasteiger partial charge in [-0.2, -0.15) is 5.26 Å². The monoisotopic (exact) mass is 296 g/mol. The van der Waals surface area contributed by atoms with E-state index in [2.05, 4.69) is 28.5 Å². The minimum absolute atomic E-state index is 0.0787. The van der Waals surface area contributed by atoms with Crippen molar-refractivity contribution in [3.63, 3.8) is 0 Å². The molecular weight excluding hydrogens is 276 g/mol. The highest BCUT2D eigenvalue weighted by Gasteiger charge is 2.14. The lowest BCUT2D eigenvalue weighted by Gasteiger charge is -2.19. The quantitative estimate of drug-likeness (QED) is 0.772. The number of nitriles is 1. The summed E-state index contributed by atoms with van der Waals surface area (Å²) in [6.07, 6.45) is 2.24. The maximum absolute atomic E-state index is 12.0. The summed E-state index contributed by atoms with van der Waals surface area (Å²) in [6.45, 7) is 7.03. The number of likely N-dealkylation sites (N-methyl/N-ethyl adjacent to an activating group) is 1. The van der Waals surface area contributed by atoms with Gasteiger partial charge in [-0.15, -0.1) is 0 Å². The van der Waals surface area contributed by atoms with Crippen molar-refractivity contribution >= 4 is 10.0 Å². The number of nitrogens with zero attached hydrogens (tertiary/aromatic N) is 3. The third kappa shape index (κ3) is 4.89. The molecule has 0 unspecified atom stereocenters. The lowest BCUT2D eigenvalue weighted by molar-refractivity contribution is 0.293. The van der Waals surface area contributed by atoms with Crippen LogP contribution in [0.2, 0.25) is 0 Å². The van der Waals surface area contributed by atoms with E-state index in [-0.39, 0.29) is 10.6 Å². The van der Waals surface area contributed by atoms with Gasteiger partial charge in [0.2, 0.25) is 10.0 Å². The maximum Gasteiger partial charge on any atom is 0.242 e. The molecule has 1 rings (SSSR count). The van der Waals surface area contributed by atoms with Crippen molar-refractivity contribution < 1.29 is 8.42 Å². The van der Waals surface area contributed by atoms with Gasteiger partial charge >= 0.3 is 0 Å². The molecule has 0 amide bonds. The second-order valence-electron chi connectivity index (χ2n) is 4.32. The lowest BCUT2D eigenvalue weighted by atomic mass is 10.4. The number of pyridine rings is 1. The van der Waals surface area contributed by atoms with E-state index in [4.69, 9.17) is 5.26 Å². The van der Waals surface area contributed by atoms with Crippen molar-refractivity contribution in [2.75, 3.05) is 26.2 Å². The van der Waals surface area contributed by atoms with E-state index < -0.39 is 10.0 Å². The summed E-state index contributed by atoms with van der Waals surface area (Å²) >= 11 is 0. The Bertz CT molecular complexity index is 549. The molecule has 0 aromatic carbocycles. The smallest absolute Gasteiger partial charge is 0.242 e. The number of nitrogens with one attached hydrogen (secondary N) is 1. The topological polar surface area (TPSA) is 86.1 Å². The predicted octanol–water partition coefficient (Wildman–Crippen LogP) is 0.963. The van der Waals surface area contributed by atoms with Crippen LogP contribution in [0.25, 0.3) is 0 Å². The number of aromatic nitrogens is 1. The van der Waals surface area contributed by atoms with Crippen molar-refractivity contribution in [3.05, 3.63) is 24.0 Å². The zero-order chi connectivity index (χ0) is 15.0. The van der Waals surface area contributed by atoms with Gasteiger partial charge < -0.3 is 4.90 Å². The van der Waals surface area contributed by atoms with E-state index in [9.17, 15) is 8.42 Å². The van der Waals surface area contributed by atoms with Gasteiger partial charge in [0.05, 0.1) is 0 Å². The van der Waals surface area contributed by atoms with E-state index >= 15 is 0 Å². The van der Waals surface area contributed by atoms with Crippen LogP contribution in [0.1, 0.15) is 26.0 Å². The molecule has 20 heavy (non-hydrogen) atoms. The molecule has 7 heteroatoms. The molecule has 1 aromatic heterocycles. The van der Waals surface area contributed by atoms with E-state index in [1.165, 1.54) is 18.3 Å². The first kappa shape index (κ1) is 16.6. The summed E-state index contributed by atoms with van der Waals surface area (Å²) in [5, 5.41) is 8.63. The van der Waals surface area contributed by atoms with Crippen LogP contribution in [0.5, 0.6) is 0 Å². The summed E-state index contributed by atoms with van der Waals surface area (Å²) in [4.78, 5) is 6.02. The molecule has 0 aliphatic heterocycles. The molecule has 0 radical (unpaired) electrons. The standard InChI is InChI=1S/C13H20N4O2S/c1-3-8-17(4-2)9-7-16-20(18,19)13-6-5-12(10-14)15-11-13/h5-6,11,16H,3-4,7-9H2,1-2H3. The Hall–Kier alpha value is -1.49. The Morgan fingerprint density at radius 1 is 1.35 bits per heavy atom. The fourth-order valence-electron chi connectivity index (χ4n) is 1.77. The summed E-state index contributed by atoms with van der Waals surface area (Å²) in [6, 6.07) is 4.63. The lowest BCUT2D eigenvalue weighted by Crippen LogP contribution is -2.35. The van der Waals surface area contributed by atoms with Gasteiger partial charge in [0.25, 0.3) is 0 Å². The fraction of sp³-hybridized carbons (Fsp3) is 0.538. The summed E-state index contributed by atoms with van der Waals surface area (Å²) in [7, 11) is -3.55. The predicted molar refractivity (Wildman–Crippen MR) is 76.5 cm³/mol. The van der Waals surface area contributed by atoms with E-state index in [1.54, 1.807) is 0 Å². The van der Waals surface area contributed by atoms with E-state index in [0.717, 1.165) is 19.5 Å². The van der Waals surface area contributed by atoms with Gasteiger partial charge in [0, 0.05) is 19.3 Å². The van der Waals surface area contributed by atoms with Crippen LogP contribution in [-0.2, 0) is 10.0 Å². The Kier molecular flexibility index (Phi) is 6.58. The van der Waals surface area contributed by atoms with E-state index in [1.807, 2.05) is 6.07 Å². The Morgan fingerprint density at radius 2 is 2.10 bits per heavy atom. The molecule has 0 aliphatic rings. The normalized spacial score (nSPS) is 11.5. The average Bonchev–Trinajstić information content (AvgIpc) is 2.46. The van der Waals surface area contributed by atoms with E-state index in [0.29, 0.717) is 13.1 Å². The number of hydrogen-bond donors (Lipinski definition) is 1. The Balaban J connectivity index is 2.59. The fourth-order valence-corrected chi connectivity index (χ4v) is 2.74. The highest BCUT2D eigenvalue weighted by molar-refractivity contribution is 7.89. The van der Waals surface area contributed by atoms with Crippen LogP contribution in [0.4, 0.5) is 0 Å². The van der Waals surface area contributed by atoms with Crippen LogP contribution in [-0.4, -0.2) is 44.5 Å². The minimum atomic E-state index is -3.55. The molecule has 110 valence electrons. The second-order valence-corrected chi connectivity index (χ2v) is 6.09. The molecule has 1 heterocycles. The first-order valence-corrected chi connectivity index (χ1v) is 8.10. The van der Waals surface area contributed by atoms with Crippen LogP contribution in [0.15, 0.2) is 23.2 Å². The van der Waals surface area contributed by atoms with Crippen molar-refractivity contribution in [3.8, 4) is 6.07 Å². The van der Waals surface area contributed by atoms with Gasteiger partial charge in [-0.05, 0) is 31.6 Å². The highest BCUT2D eigenvalue weighted by Crippen LogP contribution is 2.07. The zero-order valence-corrected chi connectivity index (χ0v) is 12.7. The molecular formula is C13H20N4O2S. The highest BCUT2D eigenvalue weighted by atomic mass is 32.2. The SMILES string of the molecule is CCCN(CC)CCNS(=O)(=O)c1ccc(C#N)nc1. The summed E-state index contributed by atoms with van der Waals surface area (Å²) in [5.74, 6) is 0. The molecule has 1 N–H and O–H groups in total. The maximum atomic E-state index is 12.0. The third-order valence-electron chi connectivity index (χ3n) is 2.87. The number of hydrogen-bond acceptors (Lipinski definition) is 5. The van der Waals surface area contributed by atoms with Crippen molar-refractivity contribution in [2.45, 2.75) is 25.2 Å². The molecule has 0 atom stereocenters. The minimum Gasteiger partial charge on any atom is -0.302 e. The number of sulfonamides is 1. The molecule has 1 aromatic rings. The van der Waals surface area contributed by atoms with Crippen LogP contribution in [0, 0.1) is 11.3 Å². The molecule has 0 spiro atoms. The number of rotatable bonds is 8. The van der Waals surface area contributed by atoms with Gasteiger partial charge in [-0.1, -0.05) is 13.8 Å². The van der Waals surface area contributed by atoms with Crippen molar-refractivity contribution in [1.29, 1.82) is 5.26 Å². The first-order chi connectivity index (χ1) is 9.53. The van der Waals surface area contributed by atoms with Gasteiger partial charge in [0.15, 0.2) is 0 Å².